The molecule has 0 spiro atoms. The zero-order valence-electron chi connectivity index (χ0n) is 13.3. The lowest BCUT2D eigenvalue weighted by Gasteiger charge is -2.32. The highest BCUT2D eigenvalue weighted by Crippen LogP contribution is 2.20. The third-order valence-corrected chi connectivity index (χ3v) is 3.80. The van der Waals surface area contributed by atoms with Gasteiger partial charge in [-0.2, -0.15) is 0 Å². The predicted octanol–water partition coefficient (Wildman–Crippen LogP) is 2.63. The van der Waals surface area contributed by atoms with E-state index in [4.69, 9.17) is 14.9 Å². The van der Waals surface area contributed by atoms with Crippen molar-refractivity contribution in [3.63, 3.8) is 0 Å². The molecule has 120 valence electrons. The van der Waals surface area contributed by atoms with Crippen molar-refractivity contribution in [2.75, 3.05) is 19.7 Å². The Hall–Kier alpha value is -2.04. The molecule has 0 aromatic heterocycles. The summed E-state index contributed by atoms with van der Waals surface area (Å²) < 4.78 is 10.9. The maximum absolute atomic E-state index is 11.4. The molecule has 0 saturated carbocycles. The SMILES string of the molecule is CCOC(=O)Cc1ccc(OC2CCN(C(C)=N)CC2)cc1. The number of ether oxygens (including phenoxy) is 2. The van der Waals surface area contributed by atoms with E-state index in [-0.39, 0.29) is 12.1 Å². The molecule has 0 bridgehead atoms. The van der Waals surface area contributed by atoms with Crippen LogP contribution in [0.25, 0.3) is 0 Å². The number of amidine groups is 1. The average Bonchev–Trinajstić information content (AvgIpc) is 2.50. The summed E-state index contributed by atoms with van der Waals surface area (Å²) in [6.07, 6.45) is 2.36. The first-order valence-electron chi connectivity index (χ1n) is 7.79. The van der Waals surface area contributed by atoms with Crippen LogP contribution in [-0.4, -0.2) is 42.5 Å². The van der Waals surface area contributed by atoms with Gasteiger partial charge in [0.15, 0.2) is 0 Å². The second-order valence-corrected chi connectivity index (χ2v) is 5.52. The maximum Gasteiger partial charge on any atom is 0.310 e. The van der Waals surface area contributed by atoms with Gasteiger partial charge in [0.2, 0.25) is 0 Å². The van der Waals surface area contributed by atoms with Crippen molar-refractivity contribution in [2.45, 2.75) is 39.2 Å². The Labute approximate surface area is 131 Å². The van der Waals surface area contributed by atoms with Crippen LogP contribution < -0.4 is 4.74 Å². The van der Waals surface area contributed by atoms with Crippen LogP contribution in [0.3, 0.4) is 0 Å². The number of hydrogen-bond donors (Lipinski definition) is 1. The van der Waals surface area contributed by atoms with E-state index in [1.165, 1.54) is 0 Å². The number of esters is 1. The molecule has 0 amide bonds. The van der Waals surface area contributed by atoms with Gasteiger partial charge in [-0.25, -0.2) is 0 Å². The minimum absolute atomic E-state index is 0.200. The second-order valence-electron chi connectivity index (χ2n) is 5.52. The minimum Gasteiger partial charge on any atom is -0.490 e. The highest BCUT2D eigenvalue weighted by Gasteiger charge is 2.20. The molecule has 1 aliphatic heterocycles. The molecular weight excluding hydrogens is 280 g/mol. The Kier molecular flexibility index (Phi) is 5.81. The molecule has 1 saturated heterocycles. The van der Waals surface area contributed by atoms with Gasteiger partial charge < -0.3 is 14.4 Å². The third-order valence-electron chi connectivity index (χ3n) is 3.80. The van der Waals surface area contributed by atoms with Gasteiger partial charge in [-0.1, -0.05) is 12.1 Å². The van der Waals surface area contributed by atoms with Crippen LogP contribution in [0.4, 0.5) is 0 Å². The highest BCUT2D eigenvalue weighted by atomic mass is 16.5. The average molecular weight is 304 g/mol. The van der Waals surface area contributed by atoms with Crippen LogP contribution in [0.5, 0.6) is 5.75 Å². The zero-order chi connectivity index (χ0) is 15.9. The second kappa shape index (κ2) is 7.82. The van der Waals surface area contributed by atoms with Crippen LogP contribution in [-0.2, 0) is 16.0 Å². The monoisotopic (exact) mass is 304 g/mol. The molecule has 0 radical (unpaired) electrons. The maximum atomic E-state index is 11.4. The Bertz CT molecular complexity index is 505. The molecule has 22 heavy (non-hydrogen) atoms. The van der Waals surface area contributed by atoms with Gasteiger partial charge >= 0.3 is 5.97 Å². The molecule has 2 rings (SSSR count). The summed E-state index contributed by atoms with van der Waals surface area (Å²) in [5.41, 5.74) is 0.931. The van der Waals surface area contributed by atoms with E-state index in [0.717, 1.165) is 37.2 Å². The fourth-order valence-electron chi connectivity index (χ4n) is 2.57. The van der Waals surface area contributed by atoms with E-state index in [1.54, 1.807) is 6.92 Å². The first-order chi connectivity index (χ1) is 10.6. The van der Waals surface area contributed by atoms with E-state index < -0.39 is 0 Å². The number of piperidine rings is 1. The summed E-state index contributed by atoms with van der Waals surface area (Å²) in [5.74, 6) is 1.25. The van der Waals surface area contributed by atoms with Gasteiger partial charge in [-0.05, 0) is 31.5 Å². The standard InChI is InChI=1S/C17H24N2O3/c1-3-21-17(20)12-14-4-6-15(7-5-14)22-16-8-10-19(11-9-16)13(2)18/h4-7,16,18H,3,8-12H2,1-2H3. The lowest BCUT2D eigenvalue weighted by Crippen LogP contribution is -2.40. The lowest BCUT2D eigenvalue weighted by atomic mass is 10.1. The number of likely N-dealkylation sites (tertiary alicyclic amines) is 1. The molecule has 1 aromatic rings. The van der Waals surface area contributed by atoms with E-state index in [9.17, 15) is 4.79 Å². The van der Waals surface area contributed by atoms with Gasteiger partial charge in [0.25, 0.3) is 0 Å². The number of hydrogen-bond acceptors (Lipinski definition) is 4. The van der Waals surface area contributed by atoms with E-state index in [2.05, 4.69) is 4.90 Å². The number of rotatable bonds is 5. The Morgan fingerprint density at radius 3 is 2.45 bits per heavy atom. The van der Waals surface area contributed by atoms with Gasteiger partial charge in [-0.15, -0.1) is 0 Å². The van der Waals surface area contributed by atoms with E-state index in [0.29, 0.717) is 18.9 Å². The molecule has 5 nitrogen and oxygen atoms in total. The summed E-state index contributed by atoms with van der Waals surface area (Å²) in [6.45, 7) is 5.79. The molecule has 1 heterocycles. The first kappa shape index (κ1) is 16.3. The number of benzene rings is 1. The van der Waals surface area contributed by atoms with Crippen molar-refractivity contribution in [1.29, 1.82) is 5.41 Å². The number of carbonyl (C=O) groups excluding carboxylic acids is 1. The predicted molar refractivity (Wildman–Crippen MR) is 85.4 cm³/mol. The first-order valence-corrected chi connectivity index (χ1v) is 7.79. The Morgan fingerprint density at radius 1 is 1.27 bits per heavy atom. The molecule has 0 aliphatic carbocycles. The van der Waals surface area contributed by atoms with Crippen LogP contribution in [0.2, 0.25) is 0 Å². The van der Waals surface area contributed by atoms with Crippen molar-refractivity contribution in [2.24, 2.45) is 0 Å². The molecular formula is C17H24N2O3. The lowest BCUT2D eigenvalue weighted by molar-refractivity contribution is -0.142. The zero-order valence-corrected chi connectivity index (χ0v) is 13.3. The van der Waals surface area contributed by atoms with Crippen molar-refractivity contribution >= 4 is 11.8 Å². The molecule has 5 heteroatoms. The normalized spacial score (nSPS) is 15.5. The van der Waals surface area contributed by atoms with Crippen LogP contribution in [0, 0.1) is 5.41 Å². The van der Waals surface area contributed by atoms with Gasteiger partial charge in [0, 0.05) is 25.9 Å². The van der Waals surface area contributed by atoms with Crippen LogP contribution in [0.1, 0.15) is 32.3 Å². The summed E-state index contributed by atoms with van der Waals surface area (Å²) >= 11 is 0. The highest BCUT2D eigenvalue weighted by molar-refractivity contribution is 5.76. The number of nitrogens with zero attached hydrogens (tertiary/aromatic N) is 1. The van der Waals surface area contributed by atoms with E-state index in [1.807, 2.05) is 31.2 Å². The quantitative estimate of drug-likeness (QED) is 0.516. The Morgan fingerprint density at radius 2 is 1.91 bits per heavy atom. The molecule has 1 aromatic carbocycles. The smallest absolute Gasteiger partial charge is 0.310 e. The van der Waals surface area contributed by atoms with Crippen molar-refractivity contribution in [3.05, 3.63) is 29.8 Å². The fourth-order valence-corrected chi connectivity index (χ4v) is 2.57. The minimum atomic E-state index is -0.203. The van der Waals surface area contributed by atoms with Gasteiger partial charge in [0.05, 0.1) is 18.9 Å². The molecule has 0 unspecified atom stereocenters. The van der Waals surface area contributed by atoms with Crippen LogP contribution >= 0.6 is 0 Å². The topological polar surface area (TPSA) is 62.6 Å². The Balaban J connectivity index is 1.82. The van der Waals surface area contributed by atoms with Crippen molar-refractivity contribution in [3.8, 4) is 5.75 Å². The molecule has 1 fully saturated rings. The molecule has 0 atom stereocenters. The number of nitrogens with one attached hydrogen (secondary N) is 1. The van der Waals surface area contributed by atoms with Gasteiger partial charge in [-0.3, -0.25) is 10.2 Å². The molecule has 1 N–H and O–H groups in total. The summed E-state index contributed by atoms with van der Waals surface area (Å²) in [4.78, 5) is 13.5. The summed E-state index contributed by atoms with van der Waals surface area (Å²) in [7, 11) is 0. The summed E-state index contributed by atoms with van der Waals surface area (Å²) in [6, 6.07) is 7.62. The largest absolute Gasteiger partial charge is 0.490 e. The molecule has 1 aliphatic rings. The van der Waals surface area contributed by atoms with Gasteiger partial charge in [0.1, 0.15) is 11.9 Å². The number of carbonyl (C=O) groups is 1. The third kappa shape index (κ3) is 4.76. The van der Waals surface area contributed by atoms with Crippen LogP contribution in [0.15, 0.2) is 24.3 Å². The summed E-state index contributed by atoms with van der Waals surface area (Å²) in [5, 5.41) is 7.63. The van der Waals surface area contributed by atoms with E-state index >= 15 is 0 Å². The van der Waals surface area contributed by atoms with Crippen molar-refractivity contribution < 1.29 is 14.3 Å². The fraction of sp³-hybridized carbons (Fsp3) is 0.529. The van der Waals surface area contributed by atoms with Crippen molar-refractivity contribution in [1.82, 2.24) is 4.90 Å².